The Labute approximate surface area is 328 Å². The maximum Gasteiger partial charge on any atom is 0.0754 e. The molecule has 0 aromatic heterocycles. The average Bonchev–Trinajstić information content (AvgIpc) is 3.56. The van der Waals surface area contributed by atoms with Gasteiger partial charge in [0, 0.05) is 11.9 Å². The van der Waals surface area contributed by atoms with Crippen molar-refractivity contribution in [1.82, 2.24) is 0 Å². The van der Waals surface area contributed by atoms with Crippen molar-refractivity contribution in [2.24, 2.45) is 10.7 Å². The molecule has 3 nitrogen and oxygen atoms in total. The van der Waals surface area contributed by atoms with Crippen LogP contribution in [0.5, 0.6) is 0 Å². The van der Waals surface area contributed by atoms with E-state index in [1.807, 2.05) is 42.6 Å². The molecule has 1 aliphatic heterocycles. The Bertz CT molecular complexity index is 2700. The summed E-state index contributed by atoms with van der Waals surface area (Å²) in [5.74, 6) is 0. The Kier molecular flexibility index (Phi) is 8.36. The summed E-state index contributed by atoms with van der Waals surface area (Å²) in [7, 11) is 0. The summed E-state index contributed by atoms with van der Waals surface area (Å²) in [6.45, 7) is 0. The zero-order chi connectivity index (χ0) is 37.5. The van der Waals surface area contributed by atoms with Crippen LogP contribution in [0, 0.1) is 0 Å². The molecule has 266 valence electrons. The largest absolute Gasteiger partial charge is 0.321 e. The maximum absolute atomic E-state index is 6.74. The third-order valence-corrected chi connectivity index (χ3v) is 11.3. The Hall–Kier alpha value is -7.07. The van der Waals surface area contributed by atoms with Crippen molar-refractivity contribution >= 4 is 29.0 Å². The van der Waals surface area contributed by atoms with E-state index in [0.29, 0.717) is 0 Å². The van der Waals surface area contributed by atoms with E-state index in [-0.39, 0.29) is 6.04 Å². The number of nitrogens with zero attached hydrogens (tertiary/aromatic N) is 2. The van der Waals surface area contributed by atoms with E-state index in [9.17, 15) is 0 Å². The number of anilines is 3. The highest BCUT2D eigenvalue weighted by Gasteiger charge is 2.51. The van der Waals surface area contributed by atoms with Crippen molar-refractivity contribution in [3.8, 4) is 22.3 Å². The van der Waals surface area contributed by atoms with Crippen molar-refractivity contribution in [2.45, 2.75) is 11.5 Å². The number of hydrogen-bond acceptors (Lipinski definition) is 3. The summed E-state index contributed by atoms with van der Waals surface area (Å²) in [5, 5.41) is 0. The number of rotatable bonds is 7. The van der Waals surface area contributed by atoms with Gasteiger partial charge in [-0.3, -0.25) is 4.99 Å². The van der Waals surface area contributed by atoms with Crippen LogP contribution in [0.2, 0.25) is 0 Å². The minimum Gasteiger partial charge on any atom is -0.321 e. The fourth-order valence-corrected chi connectivity index (χ4v) is 8.81. The maximum atomic E-state index is 6.74. The van der Waals surface area contributed by atoms with E-state index in [0.717, 1.165) is 33.6 Å². The molecule has 2 N–H and O–H groups in total. The van der Waals surface area contributed by atoms with E-state index in [4.69, 9.17) is 10.7 Å². The Balaban J connectivity index is 1.11. The van der Waals surface area contributed by atoms with E-state index in [1.165, 1.54) is 50.3 Å². The van der Waals surface area contributed by atoms with Crippen LogP contribution >= 0.6 is 0 Å². The summed E-state index contributed by atoms with van der Waals surface area (Å²) in [5.41, 5.74) is 23.7. The molecule has 1 aliphatic carbocycles. The first-order chi connectivity index (χ1) is 27.7. The highest BCUT2D eigenvalue weighted by Crippen LogP contribution is 2.63. The third kappa shape index (κ3) is 5.52. The van der Waals surface area contributed by atoms with Gasteiger partial charge in [0.15, 0.2) is 0 Å². The molecule has 56 heavy (non-hydrogen) atoms. The molecule has 0 amide bonds. The topological polar surface area (TPSA) is 41.6 Å². The van der Waals surface area contributed by atoms with E-state index in [1.54, 1.807) is 0 Å². The van der Waals surface area contributed by atoms with Crippen LogP contribution in [0.1, 0.15) is 45.0 Å². The normalized spacial score (nSPS) is 14.2. The standard InChI is InChI=1S/C53H39N3/c54-49(39-18-6-2-7-19-39)35-50(55-36-37-16-4-1-5-17-37)40-30-28-38(29-31-40)41-32-33-44-43-22-10-11-23-45(43)53(48(44)34-41)46-24-12-14-26-51(46)56(42-20-8-3-9-21-42)52-27-15-13-25-47(52)53/h1-36,49H,54H2/b50-35-,55-36?. The Morgan fingerprint density at radius 3 is 1.71 bits per heavy atom. The van der Waals surface area contributed by atoms with Gasteiger partial charge < -0.3 is 10.6 Å². The molecule has 0 bridgehead atoms. The lowest BCUT2D eigenvalue weighted by Gasteiger charge is -2.45. The van der Waals surface area contributed by atoms with Crippen LogP contribution in [0.15, 0.2) is 217 Å². The van der Waals surface area contributed by atoms with Crippen LogP contribution in [-0.2, 0) is 5.41 Å². The van der Waals surface area contributed by atoms with E-state index < -0.39 is 5.41 Å². The van der Waals surface area contributed by atoms with Gasteiger partial charge in [-0.05, 0) is 97.6 Å². The molecule has 8 aromatic carbocycles. The number of hydrogen-bond donors (Lipinski definition) is 1. The second-order valence-electron chi connectivity index (χ2n) is 14.5. The van der Waals surface area contributed by atoms with Crippen molar-refractivity contribution in [3.05, 3.63) is 251 Å². The predicted molar refractivity (Wildman–Crippen MR) is 233 cm³/mol. The lowest BCUT2D eigenvalue weighted by atomic mass is 9.64. The van der Waals surface area contributed by atoms with E-state index >= 15 is 0 Å². The Morgan fingerprint density at radius 2 is 1.04 bits per heavy atom. The van der Waals surface area contributed by atoms with Crippen molar-refractivity contribution in [3.63, 3.8) is 0 Å². The minimum absolute atomic E-state index is 0.299. The molecule has 1 heterocycles. The smallest absolute Gasteiger partial charge is 0.0754 e. The first kappa shape index (κ1) is 33.5. The van der Waals surface area contributed by atoms with Gasteiger partial charge in [0.1, 0.15) is 0 Å². The third-order valence-electron chi connectivity index (χ3n) is 11.3. The van der Waals surface area contributed by atoms with Gasteiger partial charge >= 0.3 is 0 Å². The molecule has 8 aromatic rings. The van der Waals surface area contributed by atoms with Gasteiger partial charge in [-0.2, -0.15) is 0 Å². The first-order valence-electron chi connectivity index (χ1n) is 19.2. The van der Waals surface area contributed by atoms with Crippen LogP contribution in [0.4, 0.5) is 17.1 Å². The highest BCUT2D eigenvalue weighted by atomic mass is 15.2. The highest BCUT2D eigenvalue weighted by molar-refractivity contribution is 5.96. The first-order valence-corrected chi connectivity index (χ1v) is 19.2. The van der Waals surface area contributed by atoms with Crippen LogP contribution in [-0.4, -0.2) is 6.21 Å². The molecular formula is C53H39N3. The quantitative estimate of drug-likeness (QED) is 0.167. The minimum atomic E-state index is -0.504. The summed E-state index contributed by atoms with van der Waals surface area (Å²) in [6, 6.07) is 73.5. The zero-order valence-electron chi connectivity index (χ0n) is 30.8. The molecule has 1 spiro atoms. The molecule has 0 radical (unpaired) electrons. The molecule has 0 saturated heterocycles. The fraction of sp³-hybridized carbons (Fsp3) is 0.0377. The second-order valence-corrected chi connectivity index (χ2v) is 14.5. The Morgan fingerprint density at radius 1 is 0.500 bits per heavy atom. The predicted octanol–water partition coefficient (Wildman–Crippen LogP) is 12.7. The molecule has 0 fully saturated rings. The van der Waals surface area contributed by atoms with E-state index in [2.05, 4.69) is 181 Å². The van der Waals surface area contributed by atoms with Crippen LogP contribution in [0.25, 0.3) is 28.0 Å². The van der Waals surface area contributed by atoms with Gasteiger partial charge in [-0.1, -0.05) is 176 Å². The number of aliphatic imine (C=N–C) groups is 1. The molecule has 10 rings (SSSR count). The summed E-state index contributed by atoms with van der Waals surface area (Å²) >= 11 is 0. The molecule has 0 saturated carbocycles. The molecule has 3 heteroatoms. The molecular weight excluding hydrogens is 679 g/mol. The average molecular weight is 718 g/mol. The summed E-state index contributed by atoms with van der Waals surface area (Å²) < 4.78 is 0. The van der Waals surface area contributed by atoms with Crippen LogP contribution in [0.3, 0.4) is 0 Å². The monoisotopic (exact) mass is 717 g/mol. The van der Waals surface area contributed by atoms with Crippen molar-refractivity contribution < 1.29 is 0 Å². The van der Waals surface area contributed by atoms with Gasteiger partial charge in [-0.15, -0.1) is 0 Å². The molecule has 1 atom stereocenters. The van der Waals surface area contributed by atoms with Gasteiger partial charge in [0.05, 0.1) is 28.5 Å². The van der Waals surface area contributed by atoms with Gasteiger partial charge in [0.2, 0.25) is 0 Å². The second kappa shape index (κ2) is 14.0. The number of para-hydroxylation sites is 3. The van der Waals surface area contributed by atoms with Crippen LogP contribution < -0.4 is 10.6 Å². The lowest BCUT2D eigenvalue weighted by Crippen LogP contribution is -2.36. The molecule has 1 unspecified atom stereocenters. The fourth-order valence-electron chi connectivity index (χ4n) is 8.81. The van der Waals surface area contributed by atoms with Crippen molar-refractivity contribution in [2.75, 3.05) is 4.90 Å². The molecule has 2 aliphatic rings. The van der Waals surface area contributed by atoms with Crippen molar-refractivity contribution in [1.29, 1.82) is 0 Å². The SMILES string of the molecule is NC(/C=C(\N=Cc1ccccc1)c1ccc(-c2ccc3c(c2)C2(c4ccccc4-3)c3ccccc3N(c3ccccc3)c3ccccc32)cc1)c1ccccc1. The van der Waals surface area contributed by atoms with Gasteiger partial charge in [0.25, 0.3) is 0 Å². The number of nitrogens with two attached hydrogens (primary N) is 1. The number of fused-ring (bicyclic) bond motifs is 9. The number of benzene rings is 8. The van der Waals surface area contributed by atoms with Gasteiger partial charge in [-0.25, -0.2) is 0 Å². The lowest BCUT2D eigenvalue weighted by molar-refractivity contribution is 0.753. The summed E-state index contributed by atoms with van der Waals surface area (Å²) in [6.07, 6.45) is 3.96. The summed E-state index contributed by atoms with van der Waals surface area (Å²) in [4.78, 5) is 7.41. The zero-order valence-corrected chi connectivity index (χ0v) is 30.8.